The van der Waals surface area contributed by atoms with Crippen LogP contribution in [0.2, 0.25) is 0 Å². The minimum atomic E-state index is 0.733. The van der Waals surface area contributed by atoms with E-state index in [1.165, 1.54) is 19.3 Å². The number of hydrogen-bond donors (Lipinski definition) is 1. The normalized spacial score (nSPS) is 15.2. The van der Waals surface area contributed by atoms with E-state index in [0.717, 1.165) is 40.3 Å². The molecule has 0 radical (unpaired) electrons. The van der Waals surface area contributed by atoms with Gasteiger partial charge in [-0.15, -0.1) is 10.2 Å². The summed E-state index contributed by atoms with van der Waals surface area (Å²) < 4.78 is 3.12. The van der Waals surface area contributed by atoms with Crippen molar-refractivity contribution in [2.24, 2.45) is 0 Å². The fourth-order valence-corrected chi connectivity index (χ4v) is 2.78. The Hall–Kier alpha value is -1.36. The molecule has 0 amide bonds. The summed E-state index contributed by atoms with van der Waals surface area (Å²) in [5.74, 6) is 1.98. The van der Waals surface area contributed by atoms with Gasteiger partial charge in [-0.1, -0.05) is 12.5 Å². The van der Waals surface area contributed by atoms with Crippen LogP contribution in [-0.4, -0.2) is 14.8 Å². The van der Waals surface area contributed by atoms with Crippen molar-refractivity contribution < 1.29 is 0 Å². The Morgan fingerprint density at radius 3 is 2.94 bits per heavy atom. The third-order valence-electron chi connectivity index (χ3n) is 3.40. The number of para-hydroxylation sites is 1. The molecule has 4 nitrogen and oxygen atoms in total. The summed E-state index contributed by atoms with van der Waals surface area (Å²) in [5, 5.41) is 8.63. The van der Waals surface area contributed by atoms with Crippen LogP contribution in [0.1, 0.15) is 25.1 Å². The van der Waals surface area contributed by atoms with Crippen LogP contribution in [0.15, 0.2) is 22.7 Å². The number of benzene rings is 1. The predicted octanol–water partition coefficient (Wildman–Crippen LogP) is 3.02. The Kier molecular flexibility index (Phi) is 3.07. The zero-order chi connectivity index (χ0) is 12.5. The molecule has 1 aromatic heterocycles. The molecule has 2 N–H and O–H groups in total. The maximum absolute atomic E-state index is 6.12. The van der Waals surface area contributed by atoms with E-state index in [-0.39, 0.29) is 0 Å². The predicted molar refractivity (Wildman–Crippen MR) is 75.1 cm³/mol. The van der Waals surface area contributed by atoms with E-state index in [1.807, 2.05) is 18.2 Å². The van der Waals surface area contributed by atoms with Gasteiger partial charge in [0.05, 0.1) is 5.69 Å². The molecular formula is C13H15BrN4. The lowest BCUT2D eigenvalue weighted by Crippen LogP contribution is -2.04. The standard InChI is InChI=1S/C13H15BrN4/c14-10-6-4-5-9(12(10)15)13-17-16-11-7-2-1-3-8-18(11)13/h4-6H,1-3,7-8,15H2. The molecule has 1 aromatic carbocycles. The lowest BCUT2D eigenvalue weighted by Gasteiger charge is -2.09. The zero-order valence-corrected chi connectivity index (χ0v) is 11.7. The number of aryl methyl sites for hydroxylation is 1. The van der Waals surface area contributed by atoms with E-state index in [0.29, 0.717) is 0 Å². The SMILES string of the molecule is Nc1c(Br)cccc1-c1nnc2n1CCCCC2. The van der Waals surface area contributed by atoms with Crippen LogP contribution in [0.25, 0.3) is 11.4 Å². The van der Waals surface area contributed by atoms with Crippen molar-refractivity contribution in [2.45, 2.75) is 32.2 Å². The highest BCUT2D eigenvalue weighted by molar-refractivity contribution is 9.10. The van der Waals surface area contributed by atoms with Crippen LogP contribution >= 0.6 is 15.9 Å². The molecule has 2 heterocycles. The van der Waals surface area contributed by atoms with Crippen molar-refractivity contribution in [3.8, 4) is 11.4 Å². The molecule has 2 aromatic rings. The second kappa shape index (κ2) is 4.72. The quantitative estimate of drug-likeness (QED) is 0.824. The number of aromatic nitrogens is 3. The Morgan fingerprint density at radius 1 is 1.17 bits per heavy atom. The summed E-state index contributed by atoms with van der Waals surface area (Å²) in [6.45, 7) is 0.990. The van der Waals surface area contributed by atoms with Crippen molar-refractivity contribution in [2.75, 3.05) is 5.73 Å². The van der Waals surface area contributed by atoms with Crippen LogP contribution in [-0.2, 0) is 13.0 Å². The largest absolute Gasteiger partial charge is 0.397 e. The second-order valence-corrected chi connectivity index (χ2v) is 5.46. The fourth-order valence-electron chi connectivity index (χ4n) is 2.42. The van der Waals surface area contributed by atoms with Crippen molar-refractivity contribution >= 4 is 21.6 Å². The Balaban J connectivity index is 2.12. The van der Waals surface area contributed by atoms with Crippen LogP contribution in [0.5, 0.6) is 0 Å². The Morgan fingerprint density at radius 2 is 2.06 bits per heavy atom. The second-order valence-electron chi connectivity index (χ2n) is 4.60. The van der Waals surface area contributed by atoms with E-state index >= 15 is 0 Å². The summed E-state index contributed by atoms with van der Waals surface area (Å²) in [5.41, 5.74) is 7.81. The van der Waals surface area contributed by atoms with E-state index in [2.05, 4.69) is 30.7 Å². The van der Waals surface area contributed by atoms with Gasteiger partial charge in [0.15, 0.2) is 5.82 Å². The molecule has 0 spiro atoms. The number of nitrogens with two attached hydrogens (primary N) is 1. The van der Waals surface area contributed by atoms with E-state index in [4.69, 9.17) is 5.73 Å². The zero-order valence-electron chi connectivity index (χ0n) is 10.1. The molecule has 1 aliphatic rings. The summed E-state index contributed by atoms with van der Waals surface area (Å²) in [6, 6.07) is 5.93. The monoisotopic (exact) mass is 306 g/mol. The molecule has 0 saturated heterocycles. The summed E-state index contributed by atoms with van der Waals surface area (Å²) in [6.07, 6.45) is 4.66. The third kappa shape index (κ3) is 1.92. The van der Waals surface area contributed by atoms with Gasteiger partial charge in [0.1, 0.15) is 5.82 Å². The highest BCUT2D eigenvalue weighted by atomic mass is 79.9. The van der Waals surface area contributed by atoms with Gasteiger partial charge in [0, 0.05) is 23.0 Å². The number of fused-ring (bicyclic) bond motifs is 1. The van der Waals surface area contributed by atoms with Crippen LogP contribution < -0.4 is 5.73 Å². The highest BCUT2D eigenvalue weighted by Gasteiger charge is 2.18. The van der Waals surface area contributed by atoms with Gasteiger partial charge in [-0.05, 0) is 40.9 Å². The van der Waals surface area contributed by atoms with Crippen molar-refractivity contribution in [1.29, 1.82) is 0 Å². The molecular weight excluding hydrogens is 292 g/mol. The molecule has 0 aliphatic carbocycles. The smallest absolute Gasteiger partial charge is 0.166 e. The molecule has 0 unspecified atom stereocenters. The summed E-state index contributed by atoms with van der Waals surface area (Å²) >= 11 is 3.46. The summed E-state index contributed by atoms with van der Waals surface area (Å²) in [4.78, 5) is 0. The van der Waals surface area contributed by atoms with Crippen LogP contribution in [0, 0.1) is 0 Å². The van der Waals surface area contributed by atoms with Crippen molar-refractivity contribution in [3.05, 3.63) is 28.5 Å². The number of hydrogen-bond acceptors (Lipinski definition) is 3. The topological polar surface area (TPSA) is 56.7 Å². The molecule has 18 heavy (non-hydrogen) atoms. The number of halogens is 1. The van der Waals surface area contributed by atoms with Gasteiger partial charge >= 0.3 is 0 Å². The molecule has 0 atom stereocenters. The van der Waals surface area contributed by atoms with Gasteiger partial charge in [-0.25, -0.2) is 0 Å². The van der Waals surface area contributed by atoms with Gasteiger partial charge in [-0.3, -0.25) is 0 Å². The molecule has 94 valence electrons. The first-order valence-corrected chi connectivity index (χ1v) is 7.03. The lowest BCUT2D eigenvalue weighted by atomic mass is 10.1. The maximum atomic E-state index is 6.12. The maximum Gasteiger partial charge on any atom is 0.166 e. The number of nitrogens with zero attached hydrogens (tertiary/aromatic N) is 3. The third-order valence-corrected chi connectivity index (χ3v) is 4.09. The fraction of sp³-hybridized carbons (Fsp3) is 0.385. The molecule has 5 heteroatoms. The van der Waals surface area contributed by atoms with Gasteiger partial charge in [-0.2, -0.15) is 0 Å². The average Bonchev–Trinajstić information content (AvgIpc) is 2.62. The number of anilines is 1. The van der Waals surface area contributed by atoms with E-state index in [1.54, 1.807) is 0 Å². The minimum Gasteiger partial charge on any atom is -0.397 e. The van der Waals surface area contributed by atoms with Gasteiger partial charge in [0.2, 0.25) is 0 Å². The van der Waals surface area contributed by atoms with Gasteiger partial charge < -0.3 is 10.3 Å². The molecule has 0 fully saturated rings. The summed E-state index contributed by atoms with van der Waals surface area (Å²) in [7, 11) is 0. The minimum absolute atomic E-state index is 0.733. The van der Waals surface area contributed by atoms with Crippen LogP contribution in [0.4, 0.5) is 5.69 Å². The first-order chi connectivity index (χ1) is 8.77. The Bertz CT molecular complexity index is 576. The highest BCUT2D eigenvalue weighted by Crippen LogP contribution is 2.31. The molecule has 1 aliphatic heterocycles. The van der Waals surface area contributed by atoms with E-state index < -0.39 is 0 Å². The van der Waals surface area contributed by atoms with E-state index in [9.17, 15) is 0 Å². The number of nitrogen functional groups attached to an aromatic ring is 1. The first-order valence-electron chi connectivity index (χ1n) is 6.24. The Labute approximate surface area is 114 Å². The lowest BCUT2D eigenvalue weighted by molar-refractivity contribution is 0.637. The molecule has 0 saturated carbocycles. The molecule has 0 bridgehead atoms. The molecule has 3 rings (SSSR count). The van der Waals surface area contributed by atoms with Crippen molar-refractivity contribution in [3.63, 3.8) is 0 Å². The van der Waals surface area contributed by atoms with Crippen molar-refractivity contribution in [1.82, 2.24) is 14.8 Å². The number of rotatable bonds is 1. The van der Waals surface area contributed by atoms with Crippen LogP contribution in [0.3, 0.4) is 0 Å². The average molecular weight is 307 g/mol. The van der Waals surface area contributed by atoms with Gasteiger partial charge in [0.25, 0.3) is 0 Å². The first kappa shape index (κ1) is 11.7.